The van der Waals surface area contributed by atoms with E-state index in [1.807, 2.05) is 0 Å². The molecule has 1 N–H and O–H groups in total. The summed E-state index contributed by atoms with van der Waals surface area (Å²) >= 11 is 0. The number of nitrogens with zero attached hydrogens (tertiary/aromatic N) is 1. The number of hydrogen-bond donors (Lipinski definition) is 1. The minimum atomic E-state index is -0.201. The highest BCUT2D eigenvalue weighted by molar-refractivity contribution is 5.96. The van der Waals surface area contributed by atoms with Crippen molar-refractivity contribution in [3.63, 3.8) is 0 Å². The van der Waals surface area contributed by atoms with Crippen molar-refractivity contribution in [2.75, 3.05) is 0 Å². The van der Waals surface area contributed by atoms with E-state index in [0.29, 0.717) is 24.2 Å². The second-order valence-electron chi connectivity index (χ2n) is 9.72. The number of oxime groups is 1. The van der Waals surface area contributed by atoms with E-state index < -0.39 is 0 Å². The molecular weight excluding hydrogens is 326 g/mol. The van der Waals surface area contributed by atoms with Crippen molar-refractivity contribution in [1.82, 2.24) is 0 Å². The van der Waals surface area contributed by atoms with Gasteiger partial charge in [0.2, 0.25) is 0 Å². The van der Waals surface area contributed by atoms with E-state index in [0.717, 1.165) is 37.8 Å². The van der Waals surface area contributed by atoms with Crippen molar-refractivity contribution in [3.8, 4) is 0 Å². The standard InChI is InChI=1S/C22H29NO3/c1-20-9-5-15(23-25)13-14(20)3-4-16-17(20)6-10-21(2)18(16)7-11-22(21)12-8-19(24)26-22/h3-4,13,16-18,25H,5-12H2,1-2H3/t16-,17+,18-,20-,21-,22-/m1/s1. The maximum atomic E-state index is 11.9. The van der Waals surface area contributed by atoms with Crippen LogP contribution in [0.1, 0.15) is 65.2 Å². The number of fused-ring (bicyclic) bond motifs is 6. The van der Waals surface area contributed by atoms with Crippen LogP contribution in [-0.4, -0.2) is 22.5 Å². The molecule has 2 saturated carbocycles. The minimum absolute atomic E-state index is 0.00784. The Bertz CT molecular complexity index is 752. The molecule has 3 fully saturated rings. The van der Waals surface area contributed by atoms with Crippen molar-refractivity contribution in [1.29, 1.82) is 0 Å². The molecule has 4 aliphatic carbocycles. The van der Waals surface area contributed by atoms with Crippen LogP contribution in [0.15, 0.2) is 29.0 Å². The minimum Gasteiger partial charge on any atom is -0.458 e. The molecule has 0 bridgehead atoms. The molecule has 0 aromatic carbocycles. The molecule has 0 aromatic rings. The van der Waals surface area contributed by atoms with Crippen LogP contribution in [0.4, 0.5) is 0 Å². The van der Waals surface area contributed by atoms with Gasteiger partial charge in [-0.1, -0.05) is 31.2 Å². The summed E-state index contributed by atoms with van der Waals surface area (Å²) in [6.07, 6.45) is 14.8. The molecule has 0 amide bonds. The Hall–Kier alpha value is -1.58. The zero-order valence-electron chi connectivity index (χ0n) is 15.8. The van der Waals surface area contributed by atoms with Gasteiger partial charge in [0, 0.05) is 11.8 Å². The Kier molecular flexibility index (Phi) is 3.34. The molecule has 0 aromatic heterocycles. The predicted molar refractivity (Wildman–Crippen MR) is 98.9 cm³/mol. The fraction of sp³-hybridized carbons (Fsp3) is 0.727. The second kappa shape index (κ2) is 5.24. The third-order valence-corrected chi connectivity index (χ3v) is 8.99. The molecule has 1 spiro atoms. The van der Waals surface area contributed by atoms with E-state index in [-0.39, 0.29) is 22.4 Å². The average molecular weight is 355 g/mol. The number of carbonyl (C=O) groups excluding carboxylic acids is 1. The largest absolute Gasteiger partial charge is 0.458 e. The van der Waals surface area contributed by atoms with Gasteiger partial charge in [0.05, 0.1) is 5.71 Å². The van der Waals surface area contributed by atoms with Crippen LogP contribution in [0.2, 0.25) is 0 Å². The lowest BCUT2D eigenvalue weighted by Crippen LogP contribution is -2.53. The summed E-state index contributed by atoms with van der Waals surface area (Å²) in [7, 11) is 0. The van der Waals surface area contributed by atoms with Gasteiger partial charge >= 0.3 is 5.97 Å². The van der Waals surface area contributed by atoms with Crippen LogP contribution < -0.4 is 0 Å². The zero-order valence-corrected chi connectivity index (χ0v) is 15.8. The average Bonchev–Trinajstić information content (AvgIpc) is 3.15. The van der Waals surface area contributed by atoms with E-state index in [1.54, 1.807) is 0 Å². The third-order valence-electron chi connectivity index (χ3n) is 8.99. The first-order chi connectivity index (χ1) is 12.4. The molecule has 0 unspecified atom stereocenters. The van der Waals surface area contributed by atoms with Gasteiger partial charge in [-0.2, -0.15) is 0 Å². The summed E-state index contributed by atoms with van der Waals surface area (Å²) in [4.78, 5) is 11.9. The van der Waals surface area contributed by atoms with Gasteiger partial charge in [-0.05, 0) is 79.8 Å². The Morgan fingerprint density at radius 1 is 1.12 bits per heavy atom. The Morgan fingerprint density at radius 2 is 1.92 bits per heavy atom. The van der Waals surface area contributed by atoms with Crippen molar-refractivity contribution in [2.45, 2.75) is 70.8 Å². The molecule has 6 atom stereocenters. The fourth-order valence-electron chi connectivity index (χ4n) is 7.38. The summed E-state index contributed by atoms with van der Waals surface area (Å²) in [5.41, 5.74) is 2.24. The number of rotatable bonds is 0. The van der Waals surface area contributed by atoms with Crippen LogP contribution in [0, 0.1) is 28.6 Å². The summed E-state index contributed by atoms with van der Waals surface area (Å²) in [5, 5.41) is 12.6. The van der Waals surface area contributed by atoms with Crippen LogP contribution in [0.25, 0.3) is 0 Å². The molecule has 5 aliphatic rings. The van der Waals surface area contributed by atoms with Gasteiger partial charge in [0.15, 0.2) is 0 Å². The molecule has 1 heterocycles. The highest BCUT2D eigenvalue weighted by atomic mass is 16.6. The van der Waals surface area contributed by atoms with Gasteiger partial charge in [0.1, 0.15) is 5.60 Å². The van der Waals surface area contributed by atoms with Crippen LogP contribution in [0.5, 0.6) is 0 Å². The van der Waals surface area contributed by atoms with E-state index >= 15 is 0 Å². The zero-order chi connectivity index (χ0) is 18.2. The Balaban J connectivity index is 1.52. The van der Waals surface area contributed by atoms with Gasteiger partial charge in [-0.3, -0.25) is 4.79 Å². The summed E-state index contributed by atoms with van der Waals surface area (Å²) in [5.74, 6) is 1.83. The molecule has 4 heteroatoms. The highest BCUT2D eigenvalue weighted by Gasteiger charge is 2.66. The first-order valence-corrected chi connectivity index (χ1v) is 10.3. The molecule has 1 aliphatic heterocycles. The molecule has 4 nitrogen and oxygen atoms in total. The predicted octanol–water partition coefficient (Wildman–Crippen LogP) is 4.63. The van der Waals surface area contributed by atoms with E-state index in [2.05, 4.69) is 37.2 Å². The molecule has 5 rings (SSSR count). The molecule has 1 saturated heterocycles. The number of hydrogen-bond acceptors (Lipinski definition) is 4. The molecular formula is C22H29NO3. The van der Waals surface area contributed by atoms with Crippen molar-refractivity contribution >= 4 is 11.7 Å². The van der Waals surface area contributed by atoms with Gasteiger partial charge in [0.25, 0.3) is 0 Å². The van der Waals surface area contributed by atoms with Crippen molar-refractivity contribution < 1.29 is 14.7 Å². The maximum Gasteiger partial charge on any atom is 0.306 e. The van der Waals surface area contributed by atoms with E-state index in [1.165, 1.54) is 18.4 Å². The lowest BCUT2D eigenvalue weighted by molar-refractivity contribution is -0.165. The molecule has 0 radical (unpaired) electrons. The van der Waals surface area contributed by atoms with Crippen LogP contribution in [-0.2, 0) is 9.53 Å². The molecule has 140 valence electrons. The topological polar surface area (TPSA) is 58.9 Å². The van der Waals surface area contributed by atoms with Crippen LogP contribution >= 0.6 is 0 Å². The summed E-state index contributed by atoms with van der Waals surface area (Å²) < 4.78 is 6.00. The number of esters is 1. The SMILES string of the molecule is C[C@@]12CCC(=NO)C=C1C=C[C@H]1[C@H]3CC[C@@]4(CCC(=O)O4)[C@]3(C)CC[C@@H]12. The van der Waals surface area contributed by atoms with E-state index in [4.69, 9.17) is 4.74 Å². The van der Waals surface area contributed by atoms with Gasteiger partial charge in [-0.15, -0.1) is 0 Å². The monoisotopic (exact) mass is 355 g/mol. The Morgan fingerprint density at radius 3 is 2.65 bits per heavy atom. The maximum absolute atomic E-state index is 11.9. The lowest BCUT2D eigenvalue weighted by atomic mass is 9.48. The second-order valence-corrected chi connectivity index (χ2v) is 9.72. The lowest BCUT2D eigenvalue weighted by Gasteiger charge is -2.57. The third kappa shape index (κ3) is 1.91. The van der Waals surface area contributed by atoms with Gasteiger partial charge < -0.3 is 9.94 Å². The quantitative estimate of drug-likeness (QED) is 0.391. The highest BCUT2D eigenvalue weighted by Crippen LogP contribution is 2.68. The summed E-state index contributed by atoms with van der Waals surface area (Å²) in [6, 6.07) is 0. The smallest absolute Gasteiger partial charge is 0.306 e. The normalized spacial score (nSPS) is 51.0. The number of carbonyl (C=O) groups is 1. The van der Waals surface area contributed by atoms with Crippen molar-refractivity contribution in [2.24, 2.45) is 33.7 Å². The van der Waals surface area contributed by atoms with Crippen molar-refractivity contribution in [3.05, 3.63) is 23.8 Å². The number of allylic oxidation sites excluding steroid dienone is 4. The summed E-state index contributed by atoms with van der Waals surface area (Å²) in [6.45, 7) is 4.82. The first kappa shape index (κ1) is 16.6. The fourth-order valence-corrected chi connectivity index (χ4v) is 7.38. The first-order valence-electron chi connectivity index (χ1n) is 10.3. The van der Waals surface area contributed by atoms with Gasteiger partial charge in [-0.25, -0.2) is 0 Å². The van der Waals surface area contributed by atoms with E-state index in [9.17, 15) is 10.0 Å². The Labute approximate surface area is 155 Å². The van der Waals surface area contributed by atoms with Crippen LogP contribution in [0.3, 0.4) is 0 Å². The number of ether oxygens (including phenoxy) is 1. The molecule has 26 heavy (non-hydrogen) atoms.